The molecule has 2 heterocycles. The molecule has 0 aliphatic carbocycles. The van der Waals surface area contributed by atoms with Crippen LogP contribution in [0, 0.1) is 0 Å². The molecule has 1 saturated heterocycles. The number of hydrogen-bond acceptors (Lipinski definition) is 6. The minimum atomic E-state index is -0.933. The Morgan fingerprint density at radius 2 is 1.83 bits per heavy atom. The average molecular weight is 485 g/mol. The number of anilines is 2. The van der Waals surface area contributed by atoms with Crippen LogP contribution in [0.5, 0.6) is 11.5 Å². The Balaban J connectivity index is 1.68. The normalized spacial score (nSPS) is 18.1. The lowest BCUT2D eigenvalue weighted by atomic mass is 9.94. The second-order valence-corrected chi connectivity index (χ2v) is 8.56. The maximum absolute atomic E-state index is 13.4. The Morgan fingerprint density at radius 3 is 2.56 bits per heavy atom. The van der Waals surface area contributed by atoms with E-state index in [1.54, 1.807) is 66.7 Å². The average Bonchev–Trinajstić information content (AvgIpc) is 3.45. The summed E-state index contributed by atoms with van der Waals surface area (Å²) in [4.78, 5) is 39.5. The van der Waals surface area contributed by atoms with Gasteiger partial charge in [-0.1, -0.05) is 18.2 Å². The maximum Gasteiger partial charge on any atom is 0.300 e. The van der Waals surface area contributed by atoms with E-state index in [0.29, 0.717) is 41.3 Å². The van der Waals surface area contributed by atoms with Crippen molar-refractivity contribution in [2.45, 2.75) is 19.4 Å². The monoisotopic (exact) mass is 484 g/mol. The molecule has 3 aromatic carbocycles. The smallest absolute Gasteiger partial charge is 0.300 e. The van der Waals surface area contributed by atoms with Gasteiger partial charge in [0.25, 0.3) is 11.7 Å². The van der Waals surface area contributed by atoms with Crippen LogP contribution in [0.3, 0.4) is 0 Å². The van der Waals surface area contributed by atoms with E-state index in [-0.39, 0.29) is 17.2 Å². The number of nitrogens with zero attached hydrogens (tertiary/aromatic N) is 1. The topological polar surface area (TPSA) is 105 Å². The summed E-state index contributed by atoms with van der Waals surface area (Å²) in [5.74, 6) is -0.853. The number of Topliss-reactive ketones (excluding diaryl/α,β-unsaturated/α-hetero) is 1. The van der Waals surface area contributed by atoms with Gasteiger partial charge < -0.3 is 19.9 Å². The number of amides is 2. The lowest BCUT2D eigenvalue weighted by molar-refractivity contribution is -0.132. The number of carbonyl (C=O) groups excluding carboxylic acids is 3. The number of carbonyl (C=O) groups is 3. The van der Waals surface area contributed by atoms with Crippen molar-refractivity contribution >= 4 is 34.7 Å². The van der Waals surface area contributed by atoms with Gasteiger partial charge in [-0.3, -0.25) is 19.3 Å². The van der Waals surface area contributed by atoms with E-state index < -0.39 is 17.7 Å². The van der Waals surface area contributed by atoms with Crippen LogP contribution in [-0.2, 0) is 20.8 Å². The molecule has 1 atom stereocenters. The van der Waals surface area contributed by atoms with Crippen molar-refractivity contribution in [3.05, 3.63) is 89.0 Å². The zero-order chi connectivity index (χ0) is 25.4. The summed E-state index contributed by atoms with van der Waals surface area (Å²) in [6, 6.07) is 17.9. The minimum absolute atomic E-state index is 0.0331. The molecule has 3 aromatic rings. The zero-order valence-electron chi connectivity index (χ0n) is 19.8. The van der Waals surface area contributed by atoms with Crippen molar-refractivity contribution in [2.75, 3.05) is 23.9 Å². The first-order chi connectivity index (χ1) is 17.4. The number of ether oxygens (including phenoxy) is 2. The third kappa shape index (κ3) is 3.96. The number of para-hydroxylation sites is 1. The van der Waals surface area contributed by atoms with Crippen LogP contribution < -0.4 is 19.7 Å². The molecule has 1 fully saturated rings. The van der Waals surface area contributed by atoms with Crippen molar-refractivity contribution in [3.8, 4) is 11.5 Å². The van der Waals surface area contributed by atoms with E-state index in [4.69, 9.17) is 9.47 Å². The number of fused-ring (bicyclic) bond motifs is 1. The SMILES string of the molecule is COc1ccccc1C1/C(=C(\O)c2ccc3c(c2)CCO3)C(=O)C(=O)N1c1ccc(NC(C)=O)cc1. The van der Waals surface area contributed by atoms with Gasteiger partial charge in [-0.05, 0) is 54.1 Å². The van der Waals surface area contributed by atoms with E-state index in [1.165, 1.54) is 18.9 Å². The van der Waals surface area contributed by atoms with E-state index in [0.717, 1.165) is 11.3 Å². The molecular formula is C28H24N2O6. The fourth-order valence-electron chi connectivity index (χ4n) is 4.68. The summed E-state index contributed by atoms with van der Waals surface area (Å²) in [7, 11) is 1.51. The summed E-state index contributed by atoms with van der Waals surface area (Å²) in [6.07, 6.45) is 0.696. The molecule has 8 heteroatoms. The van der Waals surface area contributed by atoms with Crippen LogP contribution in [0.25, 0.3) is 5.76 Å². The number of aliphatic hydroxyl groups is 1. The van der Waals surface area contributed by atoms with E-state index in [2.05, 4.69) is 5.32 Å². The molecule has 1 unspecified atom stereocenters. The van der Waals surface area contributed by atoms with Crippen molar-refractivity contribution in [3.63, 3.8) is 0 Å². The predicted molar refractivity (Wildman–Crippen MR) is 134 cm³/mol. The molecule has 2 aliphatic rings. The van der Waals surface area contributed by atoms with Crippen molar-refractivity contribution in [2.24, 2.45) is 0 Å². The molecule has 0 saturated carbocycles. The quantitative estimate of drug-likeness (QED) is 0.319. The minimum Gasteiger partial charge on any atom is -0.507 e. The molecule has 2 aliphatic heterocycles. The van der Waals surface area contributed by atoms with Crippen LogP contribution in [-0.4, -0.2) is 36.4 Å². The van der Waals surface area contributed by atoms with Crippen molar-refractivity contribution in [1.29, 1.82) is 0 Å². The highest BCUT2D eigenvalue weighted by Gasteiger charge is 2.48. The van der Waals surface area contributed by atoms with Crippen LogP contribution in [0.15, 0.2) is 72.3 Å². The Bertz CT molecular complexity index is 1410. The van der Waals surface area contributed by atoms with Gasteiger partial charge >= 0.3 is 0 Å². The van der Waals surface area contributed by atoms with E-state index in [1.807, 2.05) is 0 Å². The largest absolute Gasteiger partial charge is 0.507 e. The summed E-state index contributed by atoms with van der Waals surface area (Å²) in [5, 5.41) is 14.1. The summed E-state index contributed by atoms with van der Waals surface area (Å²) < 4.78 is 11.1. The van der Waals surface area contributed by atoms with Gasteiger partial charge in [0.2, 0.25) is 5.91 Å². The van der Waals surface area contributed by atoms with Gasteiger partial charge in [0.1, 0.15) is 17.3 Å². The molecule has 36 heavy (non-hydrogen) atoms. The zero-order valence-corrected chi connectivity index (χ0v) is 19.8. The fraction of sp³-hybridized carbons (Fsp3) is 0.179. The predicted octanol–water partition coefficient (Wildman–Crippen LogP) is 4.21. The number of aliphatic hydroxyl groups excluding tert-OH is 1. The third-order valence-electron chi connectivity index (χ3n) is 6.31. The Kier molecular flexibility index (Phi) is 5.93. The molecule has 8 nitrogen and oxygen atoms in total. The lowest BCUT2D eigenvalue weighted by Crippen LogP contribution is -2.29. The Hall–Kier alpha value is -4.59. The first-order valence-electron chi connectivity index (χ1n) is 11.5. The molecule has 0 bridgehead atoms. The van der Waals surface area contributed by atoms with E-state index in [9.17, 15) is 19.5 Å². The highest BCUT2D eigenvalue weighted by atomic mass is 16.5. The van der Waals surface area contributed by atoms with Crippen LogP contribution >= 0.6 is 0 Å². The number of methoxy groups -OCH3 is 1. The van der Waals surface area contributed by atoms with Gasteiger partial charge in [-0.2, -0.15) is 0 Å². The second-order valence-electron chi connectivity index (χ2n) is 8.56. The van der Waals surface area contributed by atoms with E-state index >= 15 is 0 Å². The van der Waals surface area contributed by atoms with Gasteiger partial charge in [-0.15, -0.1) is 0 Å². The summed E-state index contributed by atoms with van der Waals surface area (Å²) in [6.45, 7) is 1.96. The standard InChI is InChI=1S/C28H24N2O6/c1-16(31)29-19-8-10-20(11-9-19)30-25(21-5-3-4-6-23(21)35-2)24(27(33)28(30)34)26(32)18-7-12-22-17(15-18)13-14-36-22/h3-12,15,25,32H,13-14H2,1-2H3,(H,29,31)/b26-24+. The Labute approximate surface area is 207 Å². The summed E-state index contributed by atoms with van der Waals surface area (Å²) in [5.41, 5.74) is 2.86. The van der Waals surface area contributed by atoms with Gasteiger partial charge in [0.05, 0.1) is 25.3 Å². The van der Waals surface area contributed by atoms with Gasteiger partial charge in [0.15, 0.2) is 0 Å². The summed E-state index contributed by atoms with van der Waals surface area (Å²) >= 11 is 0. The van der Waals surface area contributed by atoms with Crippen LogP contribution in [0.2, 0.25) is 0 Å². The highest BCUT2D eigenvalue weighted by molar-refractivity contribution is 6.51. The first-order valence-corrected chi connectivity index (χ1v) is 11.5. The molecule has 0 aromatic heterocycles. The molecule has 2 N–H and O–H groups in total. The van der Waals surface area contributed by atoms with Crippen molar-refractivity contribution in [1.82, 2.24) is 0 Å². The van der Waals surface area contributed by atoms with Gasteiger partial charge in [0, 0.05) is 35.8 Å². The first kappa shape index (κ1) is 23.2. The molecule has 182 valence electrons. The molecule has 5 rings (SSSR count). The molecular weight excluding hydrogens is 460 g/mol. The van der Waals surface area contributed by atoms with Crippen molar-refractivity contribution < 1.29 is 29.0 Å². The molecule has 2 amide bonds. The van der Waals surface area contributed by atoms with Crippen LogP contribution in [0.4, 0.5) is 11.4 Å². The lowest BCUT2D eigenvalue weighted by Gasteiger charge is -2.26. The number of rotatable bonds is 5. The highest BCUT2D eigenvalue weighted by Crippen LogP contribution is 2.45. The Morgan fingerprint density at radius 1 is 1.08 bits per heavy atom. The maximum atomic E-state index is 13.4. The number of nitrogens with one attached hydrogen (secondary N) is 1. The third-order valence-corrected chi connectivity index (χ3v) is 6.31. The van der Waals surface area contributed by atoms with Gasteiger partial charge in [-0.25, -0.2) is 0 Å². The molecule has 0 spiro atoms. The fourth-order valence-corrected chi connectivity index (χ4v) is 4.68. The number of ketones is 1. The number of hydrogen-bond donors (Lipinski definition) is 2. The molecule has 0 radical (unpaired) electrons. The number of benzene rings is 3. The van der Waals surface area contributed by atoms with Crippen LogP contribution in [0.1, 0.15) is 29.7 Å². The second kappa shape index (κ2) is 9.22.